The van der Waals surface area contributed by atoms with E-state index in [9.17, 15) is 9.18 Å². The molecular weight excluding hydrogens is 209 g/mol. The third-order valence-corrected chi connectivity index (χ3v) is 2.66. The van der Waals surface area contributed by atoms with Crippen LogP contribution < -0.4 is 4.90 Å². The number of amides is 1. The third kappa shape index (κ3) is 1.87. The first-order valence-corrected chi connectivity index (χ1v) is 5.45. The summed E-state index contributed by atoms with van der Waals surface area (Å²) in [4.78, 5) is 13.0. The summed E-state index contributed by atoms with van der Waals surface area (Å²) in [5.41, 5.74) is 1.26. The van der Waals surface area contributed by atoms with Gasteiger partial charge in [0, 0.05) is 6.54 Å². The molecule has 1 aliphatic heterocycles. The van der Waals surface area contributed by atoms with Gasteiger partial charge in [-0.3, -0.25) is 4.90 Å². The van der Waals surface area contributed by atoms with E-state index in [4.69, 9.17) is 4.74 Å². The maximum absolute atomic E-state index is 13.7. The molecule has 1 aromatic rings. The maximum Gasteiger partial charge on any atom is 0.414 e. The van der Waals surface area contributed by atoms with Crippen LogP contribution in [0.2, 0.25) is 0 Å². The van der Waals surface area contributed by atoms with Gasteiger partial charge in [-0.15, -0.1) is 0 Å². The second kappa shape index (κ2) is 4.51. The molecule has 1 aliphatic rings. The summed E-state index contributed by atoms with van der Waals surface area (Å²) < 4.78 is 18.6. The fraction of sp³-hybridized carbons (Fsp3) is 0.417. The molecule has 0 N–H and O–H groups in total. The fourth-order valence-electron chi connectivity index (χ4n) is 1.99. The van der Waals surface area contributed by atoms with Crippen LogP contribution in [0.4, 0.5) is 14.9 Å². The number of ether oxygens (including phenoxy) is 1. The Kier molecular flexibility index (Phi) is 3.08. The molecule has 0 unspecified atom stereocenters. The highest BCUT2D eigenvalue weighted by Crippen LogP contribution is 2.30. The molecular formula is C12H14FNO2. The smallest absolute Gasteiger partial charge is 0.414 e. The standard InChI is InChI=1S/C12H14FNO2/c1-2-16-12(15)14-8-4-6-9-5-3-7-10(13)11(9)14/h3,5,7H,2,4,6,8H2,1H3. The van der Waals surface area contributed by atoms with Gasteiger partial charge in [-0.25, -0.2) is 9.18 Å². The van der Waals surface area contributed by atoms with Crippen molar-refractivity contribution >= 4 is 11.8 Å². The minimum Gasteiger partial charge on any atom is -0.449 e. The van der Waals surface area contributed by atoms with Gasteiger partial charge >= 0.3 is 6.09 Å². The van der Waals surface area contributed by atoms with E-state index in [0.29, 0.717) is 18.8 Å². The molecule has 0 radical (unpaired) electrons. The fourth-order valence-corrected chi connectivity index (χ4v) is 1.99. The van der Waals surface area contributed by atoms with Gasteiger partial charge in [-0.1, -0.05) is 12.1 Å². The molecule has 4 heteroatoms. The highest BCUT2D eigenvalue weighted by atomic mass is 19.1. The predicted octanol–water partition coefficient (Wildman–Crippen LogP) is 2.73. The molecule has 1 amide bonds. The molecule has 0 saturated heterocycles. The SMILES string of the molecule is CCOC(=O)N1CCCc2cccc(F)c21. The number of nitrogens with zero attached hydrogens (tertiary/aromatic N) is 1. The molecule has 0 aliphatic carbocycles. The molecule has 0 saturated carbocycles. The topological polar surface area (TPSA) is 29.5 Å². The van der Waals surface area contributed by atoms with E-state index in [0.717, 1.165) is 18.4 Å². The number of halogens is 1. The van der Waals surface area contributed by atoms with Crippen molar-refractivity contribution in [1.29, 1.82) is 0 Å². The van der Waals surface area contributed by atoms with Crippen LogP contribution in [0.1, 0.15) is 18.9 Å². The van der Waals surface area contributed by atoms with Gasteiger partial charge in [0.25, 0.3) is 0 Å². The largest absolute Gasteiger partial charge is 0.449 e. The molecule has 16 heavy (non-hydrogen) atoms. The molecule has 1 aromatic carbocycles. The molecule has 0 bridgehead atoms. The molecule has 0 spiro atoms. The highest BCUT2D eigenvalue weighted by molar-refractivity contribution is 5.89. The van der Waals surface area contributed by atoms with Crippen molar-refractivity contribution < 1.29 is 13.9 Å². The first-order chi connectivity index (χ1) is 7.74. The van der Waals surface area contributed by atoms with Gasteiger partial charge in [-0.05, 0) is 31.4 Å². The van der Waals surface area contributed by atoms with Crippen molar-refractivity contribution in [3.63, 3.8) is 0 Å². The summed E-state index contributed by atoms with van der Waals surface area (Å²) in [6.45, 7) is 2.57. The molecule has 0 fully saturated rings. The summed E-state index contributed by atoms with van der Waals surface area (Å²) in [5.74, 6) is -0.356. The average molecular weight is 223 g/mol. The van der Waals surface area contributed by atoms with Gasteiger partial charge in [-0.2, -0.15) is 0 Å². The number of aryl methyl sites for hydroxylation is 1. The minimum atomic E-state index is -0.464. The molecule has 2 rings (SSSR count). The third-order valence-electron chi connectivity index (χ3n) is 2.66. The molecule has 0 atom stereocenters. The lowest BCUT2D eigenvalue weighted by Crippen LogP contribution is -2.36. The number of benzene rings is 1. The quantitative estimate of drug-likeness (QED) is 0.732. The number of hydrogen-bond donors (Lipinski definition) is 0. The van der Waals surface area contributed by atoms with Crippen LogP contribution in [0.25, 0.3) is 0 Å². The second-order valence-corrected chi connectivity index (χ2v) is 3.70. The van der Waals surface area contributed by atoms with Crippen molar-refractivity contribution in [3.8, 4) is 0 Å². The van der Waals surface area contributed by atoms with Crippen LogP contribution in [0.15, 0.2) is 18.2 Å². The summed E-state index contributed by atoms with van der Waals surface area (Å²) >= 11 is 0. The van der Waals surface area contributed by atoms with Crippen molar-refractivity contribution in [2.24, 2.45) is 0 Å². The van der Waals surface area contributed by atoms with Crippen molar-refractivity contribution in [2.45, 2.75) is 19.8 Å². The van der Waals surface area contributed by atoms with Gasteiger partial charge in [0.1, 0.15) is 5.82 Å². The van der Waals surface area contributed by atoms with E-state index in [-0.39, 0.29) is 5.82 Å². The average Bonchev–Trinajstić information content (AvgIpc) is 2.29. The first-order valence-electron chi connectivity index (χ1n) is 5.45. The minimum absolute atomic E-state index is 0.305. The van der Waals surface area contributed by atoms with Crippen LogP contribution in [-0.2, 0) is 11.2 Å². The van der Waals surface area contributed by atoms with Crippen LogP contribution in [-0.4, -0.2) is 19.2 Å². The monoisotopic (exact) mass is 223 g/mol. The van der Waals surface area contributed by atoms with Gasteiger partial charge < -0.3 is 4.74 Å². The first kappa shape index (κ1) is 10.9. The Balaban J connectivity index is 2.35. The van der Waals surface area contributed by atoms with Crippen LogP contribution in [0.5, 0.6) is 0 Å². The highest BCUT2D eigenvalue weighted by Gasteiger charge is 2.26. The van der Waals surface area contributed by atoms with E-state index in [1.165, 1.54) is 11.0 Å². The summed E-state index contributed by atoms with van der Waals surface area (Å²) in [6.07, 6.45) is 1.19. The zero-order valence-electron chi connectivity index (χ0n) is 9.20. The Labute approximate surface area is 93.8 Å². The maximum atomic E-state index is 13.7. The van der Waals surface area contributed by atoms with Crippen LogP contribution in [0.3, 0.4) is 0 Å². The van der Waals surface area contributed by atoms with Gasteiger partial charge in [0.15, 0.2) is 0 Å². The van der Waals surface area contributed by atoms with Crippen molar-refractivity contribution in [3.05, 3.63) is 29.6 Å². The number of carbonyl (C=O) groups excluding carboxylic acids is 1. The summed E-state index contributed by atoms with van der Waals surface area (Å²) in [7, 11) is 0. The van der Waals surface area contributed by atoms with E-state index in [2.05, 4.69) is 0 Å². The molecule has 0 aromatic heterocycles. The zero-order chi connectivity index (χ0) is 11.5. The van der Waals surface area contributed by atoms with Crippen molar-refractivity contribution in [1.82, 2.24) is 0 Å². The molecule has 1 heterocycles. The summed E-state index contributed by atoms with van der Waals surface area (Å²) in [6, 6.07) is 4.89. The number of rotatable bonds is 1. The van der Waals surface area contributed by atoms with Gasteiger partial charge in [0.05, 0.1) is 12.3 Å². The number of para-hydroxylation sites is 1. The van der Waals surface area contributed by atoms with E-state index >= 15 is 0 Å². The molecule has 3 nitrogen and oxygen atoms in total. The lowest BCUT2D eigenvalue weighted by Gasteiger charge is -2.28. The number of fused-ring (bicyclic) bond motifs is 1. The number of anilines is 1. The Morgan fingerprint density at radius 1 is 1.56 bits per heavy atom. The lowest BCUT2D eigenvalue weighted by molar-refractivity contribution is 0.159. The lowest BCUT2D eigenvalue weighted by atomic mass is 10.0. The van der Waals surface area contributed by atoms with Crippen molar-refractivity contribution in [2.75, 3.05) is 18.1 Å². The van der Waals surface area contributed by atoms with E-state index in [1.807, 2.05) is 6.07 Å². The second-order valence-electron chi connectivity index (χ2n) is 3.70. The zero-order valence-corrected chi connectivity index (χ0v) is 9.20. The normalized spacial score (nSPS) is 14.5. The number of carbonyl (C=O) groups is 1. The van der Waals surface area contributed by atoms with E-state index in [1.54, 1.807) is 13.0 Å². The Morgan fingerprint density at radius 2 is 2.38 bits per heavy atom. The number of hydrogen-bond acceptors (Lipinski definition) is 2. The van der Waals surface area contributed by atoms with Gasteiger partial charge in [0.2, 0.25) is 0 Å². The van der Waals surface area contributed by atoms with Crippen LogP contribution in [0, 0.1) is 5.82 Å². The summed E-state index contributed by atoms with van der Waals surface area (Å²) in [5, 5.41) is 0. The van der Waals surface area contributed by atoms with E-state index < -0.39 is 6.09 Å². The predicted molar refractivity (Wildman–Crippen MR) is 59.1 cm³/mol. The Morgan fingerprint density at radius 3 is 3.12 bits per heavy atom. The Hall–Kier alpha value is -1.58. The van der Waals surface area contributed by atoms with Crippen LogP contribution >= 0.6 is 0 Å². The molecule has 86 valence electrons. The Bertz CT molecular complexity index is 406.